The fourth-order valence-electron chi connectivity index (χ4n) is 3.11. The van der Waals surface area contributed by atoms with Crippen LogP contribution in [0, 0.1) is 6.92 Å². The second kappa shape index (κ2) is 14.9. The number of aromatic nitrogens is 3. The van der Waals surface area contributed by atoms with Crippen LogP contribution in [-0.4, -0.2) is 85.4 Å². The smallest absolute Gasteiger partial charge is 0.194 e. The van der Waals surface area contributed by atoms with Crippen molar-refractivity contribution in [3.63, 3.8) is 0 Å². The van der Waals surface area contributed by atoms with Crippen molar-refractivity contribution in [2.24, 2.45) is 12.0 Å². The highest BCUT2D eigenvalue weighted by atomic mass is 127. The number of hydrogen-bond donors (Lipinski definition) is 1. The number of aryl methyl sites for hydroxylation is 1. The zero-order valence-electron chi connectivity index (χ0n) is 18.2. The molecular weight excluding hydrogens is 487 g/mol. The van der Waals surface area contributed by atoms with Gasteiger partial charge in [-0.1, -0.05) is 0 Å². The number of nitrogens with zero attached hydrogens (tertiary/aromatic N) is 5. The number of guanidine groups is 1. The molecule has 0 atom stereocenters. The standard InChI is InChI=1S/C19H36N6O3.HI/c1-16-22-23-18(24(16)2)15-21-19(20-9-5-12-26-3)25-10-7-17(8-11-25)28-14-6-13-27-4;/h17H,5-15H2,1-4H3,(H,20,21);1H. The summed E-state index contributed by atoms with van der Waals surface area (Å²) in [7, 11) is 5.42. The third-order valence-corrected chi connectivity index (χ3v) is 4.95. The van der Waals surface area contributed by atoms with E-state index in [0.29, 0.717) is 12.6 Å². The number of methoxy groups -OCH3 is 2. The van der Waals surface area contributed by atoms with Crippen LogP contribution in [0.5, 0.6) is 0 Å². The van der Waals surface area contributed by atoms with Crippen LogP contribution in [0.25, 0.3) is 0 Å². The van der Waals surface area contributed by atoms with Gasteiger partial charge in [-0.25, -0.2) is 4.99 Å². The van der Waals surface area contributed by atoms with Crippen molar-refractivity contribution < 1.29 is 14.2 Å². The van der Waals surface area contributed by atoms with E-state index >= 15 is 0 Å². The lowest BCUT2D eigenvalue weighted by atomic mass is 10.1. The highest BCUT2D eigenvalue weighted by molar-refractivity contribution is 14.0. The Morgan fingerprint density at radius 2 is 1.79 bits per heavy atom. The molecule has 1 fully saturated rings. The number of likely N-dealkylation sites (tertiary alicyclic amines) is 1. The van der Waals surface area contributed by atoms with Crippen molar-refractivity contribution in [1.29, 1.82) is 0 Å². The Bertz CT molecular complexity index is 590. The molecule has 0 aromatic carbocycles. The molecule has 1 N–H and O–H groups in total. The lowest BCUT2D eigenvalue weighted by molar-refractivity contribution is 0.00987. The van der Waals surface area contributed by atoms with Gasteiger partial charge < -0.3 is 29.0 Å². The minimum atomic E-state index is 0. The average Bonchev–Trinajstić information content (AvgIpc) is 3.03. The molecule has 0 unspecified atom stereocenters. The second-order valence-electron chi connectivity index (χ2n) is 7.04. The van der Waals surface area contributed by atoms with E-state index in [-0.39, 0.29) is 24.0 Å². The van der Waals surface area contributed by atoms with Crippen LogP contribution in [0.2, 0.25) is 0 Å². The molecule has 10 heteroatoms. The largest absolute Gasteiger partial charge is 0.385 e. The molecule has 2 heterocycles. The van der Waals surface area contributed by atoms with Gasteiger partial charge in [0.15, 0.2) is 11.8 Å². The van der Waals surface area contributed by atoms with Crippen molar-refractivity contribution in [3.8, 4) is 0 Å². The summed E-state index contributed by atoms with van der Waals surface area (Å²) in [5, 5.41) is 11.8. The molecule has 0 aliphatic carbocycles. The highest BCUT2D eigenvalue weighted by Crippen LogP contribution is 2.14. The monoisotopic (exact) mass is 524 g/mol. The van der Waals surface area contributed by atoms with Crippen molar-refractivity contribution >= 4 is 29.9 Å². The van der Waals surface area contributed by atoms with E-state index in [9.17, 15) is 0 Å². The summed E-state index contributed by atoms with van der Waals surface area (Å²) in [5.74, 6) is 2.69. The molecule has 1 aliphatic rings. The first-order chi connectivity index (χ1) is 13.7. The van der Waals surface area contributed by atoms with E-state index in [1.54, 1.807) is 14.2 Å². The van der Waals surface area contributed by atoms with Crippen LogP contribution in [0.1, 0.15) is 37.3 Å². The quantitative estimate of drug-likeness (QED) is 0.204. The second-order valence-corrected chi connectivity index (χ2v) is 7.04. The first kappa shape index (κ1) is 26.1. The van der Waals surface area contributed by atoms with Crippen LogP contribution < -0.4 is 5.32 Å². The highest BCUT2D eigenvalue weighted by Gasteiger charge is 2.22. The summed E-state index contributed by atoms with van der Waals surface area (Å²) < 4.78 is 18.2. The van der Waals surface area contributed by atoms with Crippen molar-refractivity contribution in [2.75, 3.05) is 53.7 Å². The van der Waals surface area contributed by atoms with Crippen LogP contribution in [0.3, 0.4) is 0 Å². The number of nitrogens with one attached hydrogen (secondary N) is 1. The molecule has 168 valence electrons. The lowest BCUT2D eigenvalue weighted by Gasteiger charge is -2.34. The minimum absolute atomic E-state index is 0. The normalized spacial score (nSPS) is 15.4. The number of ether oxygens (including phenoxy) is 3. The zero-order chi connectivity index (χ0) is 20.2. The lowest BCUT2D eigenvalue weighted by Crippen LogP contribution is -2.47. The molecule has 0 radical (unpaired) electrons. The average molecular weight is 524 g/mol. The van der Waals surface area contributed by atoms with Gasteiger partial charge >= 0.3 is 0 Å². The van der Waals surface area contributed by atoms with Gasteiger partial charge in [0.25, 0.3) is 0 Å². The number of halogens is 1. The van der Waals surface area contributed by atoms with Gasteiger partial charge in [-0.15, -0.1) is 34.2 Å². The minimum Gasteiger partial charge on any atom is -0.385 e. The number of hydrogen-bond acceptors (Lipinski definition) is 6. The summed E-state index contributed by atoms with van der Waals surface area (Å²) >= 11 is 0. The molecule has 2 rings (SSSR count). The maximum Gasteiger partial charge on any atom is 0.194 e. The fraction of sp³-hybridized carbons (Fsp3) is 0.842. The van der Waals surface area contributed by atoms with Crippen LogP contribution in [-0.2, 0) is 27.8 Å². The van der Waals surface area contributed by atoms with E-state index in [2.05, 4.69) is 20.4 Å². The summed E-state index contributed by atoms with van der Waals surface area (Å²) in [4.78, 5) is 7.12. The number of piperidine rings is 1. The number of aliphatic imine (C=N–C) groups is 1. The molecular formula is C19H37IN6O3. The maximum absolute atomic E-state index is 5.97. The predicted octanol–water partition coefficient (Wildman–Crippen LogP) is 1.74. The molecule has 1 saturated heterocycles. The molecule has 0 spiro atoms. The van der Waals surface area contributed by atoms with E-state index in [4.69, 9.17) is 19.2 Å². The van der Waals surface area contributed by atoms with E-state index in [1.165, 1.54) is 0 Å². The van der Waals surface area contributed by atoms with E-state index in [0.717, 1.165) is 82.7 Å². The van der Waals surface area contributed by atoms with Crippen molar-refractivity contribution in [3.05, 3.63) is 11.6 Å². The molecule has 1 aromatic rings. The molecule has 1 aliphatic heterocycles. The van der Waals surface area contributed by atoms with Gasteiger partial charge in [0.1, 0.15) is 12.4 Å². The molecule has 29 heavy (non-hydrogen) atoms. The van der Waals surface area contributed by atoms with Crippen molar-refractivity contribution in [2.45, 2.75) is 45.3 Å². The Labute approximate surface area is 191 Å². The molecule has 1 aromatic heterocycles. The van der Waals surface area contributed by atoms with Gasteiger partial charge in [0.05, 0.1) is 6.10 Å². The third-order valence-electron chi connectivity index (χ3n) is 4.95. The summed E-state index contributed by atoms with van der Waals surface area (Å²) in [6.07, 6.45) is 4.23. The Morgan fingerprint density at radius 1 is 1.10 bits per heavy atom. The van der Waals surface area contributed by atoms with Gasteiger partial charge in [-0.05, 0) is 32.6 Å². The van der Waals surface area contributed by atoms with Crippen LogP contribution in [0.15, 0.2) is 4.99 Å². The first-order valence-electron chi connectivity index (χ1n) is 10.1. The fourth-order valence-corrected chi connectivity index (χ4v) is 3.11. The van der Waals surface area contributed by atoms with Crippen molar-refractivity contribution in [1.82, 2.24) is 25.0 Å². The Morgan fingerprint density at radius 3 is 2.41 bits per heavy atom. The first-order valence-corrected chi connectivity index (χ1v) is 10.1. The van der Waals surface area contributed by atoms with Crippen LogP contribution >= 0.6 is 24.0 Å². The predicted molar refractivity (Wildman–Crippen MR) is 124 cm³/mol. The Balaban J connectivity index is 0.00000420. The number of rotatable bonds is 11. The summed E-state index contributed by atoms with van der Waals surface area (Å²) in [6, 6.07) is 0. The van der Waals surface area contributed by atoms with E-state index < -0.39 is 0 Å². The zero-order valence-corrected chi connectivity index (χ0v) is 20.6. The molecule has 9 nitrogen and oxygen atoms in total. The maximum atomic E-state index is 5.97. The Hall–Kier alpha value is -0.980. The van der Waals surface area contributed by atoms with Gasteiger partial charge in [0.2, 0.25) is 0 Å². The van der Waals surface area contributed by atoms with Gasteiger partial charge in [0, 0.05) is 60.7 Å². The topological polar surface area (TPSA) is 86.0 Å². The summed E-state index contributed by atoms with van der Waals surface area (Å²) in [5.41, 5.74) is 0. The molecule has 0 amide bonds. The SMILES string of the molecule is COCCCNC(=NCc1nnc(C)n1C)N1CCC(OCCCOC)CC1.I. The van der Waals surface area contributed by atoms with Gasteiger partial charge in [-0.2, -0.15) is 0 Å². The molecule has 0 saturated carbocycles. The molecule has 0 bridgehead atoms. The summed E-state index contributed by atoms with van der Waals surface area (Å²) in [6.45, 7) is 7.41. The van der Waals surface area contributed by atoms with E-state index in [1.807, 2.05) is 18.5 Å². The van der Waals surface area contributed by atoms with Gasteiger partial charge in [-0.3, -0.25) is 0 Å². The Kier molecular flexibility index (Phi) is 13.4. The van der Waals surface area contributed by atoms with Crippen LogP contribution in [0.4, 0.5) is 0 Å². The third kappa shape index (κ3) is 9.14.